The van der Waals surface area contributed by atoms with Gasteiger partial charge in [-0.3, -0.25) is 4.79 Å². The van der Waals surface area contributed by atoms with Gasteiger partial charge < -0.3 is 20.5 Å². The van der Waals surface area contributed by atoms with Crippen LogP contribution in [0.1, 0.15) is 47.3 Å². The van der Waals surface area contributed by atoms with Crippen molar-refractivity contribution < 1.29 is 24.2 Å². The second-order valence-electron chi connectivity index (χ2n) is 8.04. The molecule has 1 aromatic heterocycles. The Labute approximate surface area is 197 Å². The highest BCUT2D eigenvalue weighted by Gasteiger charge is 2.29. The van der Waals surface area contributed by atoms with Crippen molar-refractivity contribution >= 4 is 23.7 Å². The fourth-order valence-electron chi connectivity index (χ4n) is 4.16. The minimum atomic E-state index is -1.15. The number of benzene rings is 2. The second kappa shape index (κ2) is 10.2. The summed E-state index contributed by atoms with van der Waals surface area (Å²) in [5.74, 6) is -1.66. The maximum absolute atomic E-state index is 12.7. The standard InChI is InChI=1S/C26H25N3O5/c1-2-7-22(24(30)28-16-12-13-23(25(31)32)27-14-16)29-26(33)34-15-21-19-10-5-3-8-17(19)18-9-4-6-11-20(18)21/h3-6,8-14,21-22H,2,7,15H2,1H3,(H,28,30)(H,29,33)(H,31,32)/t22-/m1/s1. The fraction of sp³-hybridized carbons (Fsp3) is 0.231. The van der Waals surface area contributed by atoms with E-state index < -0.39 is 24.0 Å². The minimum absolute atomic E-state index is 0.0737. The zero-order valence-electron chi connectivity index (χ0n) is 18.7. The molecule has 1 aliphatic carbocycles. The molecule has 2 amide bonds. The number of hydrogen-bond acceptors (Lipinski definition) is 5. The van der Waals surface area contributed by atoms with E-state index in [4.69, 9.17) is 9.84 Å². The first-order valence-corrected chi connectivity index (χ1v) is 11.1. The Balaban J connectivity index is 1.39. The maximum atomic E-state index is 12.7. The predicted molar refractivity (Wildman–Crippen MR) is 127 cm³/mol. The minimum Gasteiger partial charge on any atom is -0.477 e. The summed E-state index contributed by atoms with van der Waals surface area (Å²) in [5, 5.41) is 14.2. The van der Waals surface area contributed by atoms with Crippen molar-refractivity contribution in [3.05, 3.63) is 83.7 Å². The number of aromatic carboxylic acids is 1. The summed E-state index contributed by atoms with van der Waals surface area (Å²) in [4.78, 5) is 40.0. The number of fused-ring (bicyclic) bond motifs is 3. The molecule has 0 radical (unpaired) electrons. The van der Waals surface area contributed by atoms with Crippen molar-refractivity contribution in [2.45, 2.75) is 31.7 Å². The molecule has 0 saturated heterocycles. The van der Waals surface area contributed by atoms with Crippen LogP contribution in [0.5, 0.6) is 0 Å². The molecule has 0 fully saturated rings. The van der Waals surface area contributed by atoms with Gasteiger partial charge in [0.05, 0.1) is 11.9 Å². The van der Waals surface area contributed by atoms with Gasteiger partial charge in [-0.05, 0) is 40.8 Å². The zero-order valence-corrected chi connectivity index (χ0v) is 18.7. The summed E-state index contributed by atoms with van der Waals surface area (Å²) >= 11 is 0. The van der Waals surface area contributed by atoms with Gasteiger partial charge in [0.15, 0.2) is 0 Å². The van der Waals surface area contributed by atoms with Crippen LogP contribution in [0.15, 0.2) is 66.9 Å². The first kappa shape index (κ1) is 23.0. The van der Waals surface area contributed by atoms with E-state index in [1.54, 1.807) is 0 Å². The van der Waals surface area contributed by atoms with Crippen molar-refractivity contribution in [2.24, 2.45) is 0 Å². The first-order valence-electron chi connectivity index (χ1n) is 11.1. The first-order chi connectivity index (χ1) is 16.5. The van der Waals surface area contributed by atoms with E-state index in [1.807, 2.05) is 43.3 Å². The Hall–Kier alpha value is -4.20. The number of aromatic nitrogens is 1. The van der Waals surface area contributed by atoms with Crippen LogP contribution in [0.25, 0.3) is 11.1 Å². The second-order valence-corrected chi connectivity index (χ2v) is 8.04. The molecule has 8 heteroatoms. The van der Waals surface area contributed by atoms with E-state index in [2.05, 4.69) is 27.8 Å². The van der Waals surface area contributed by atoms with E-state index in [-0.39, 0.29) is 18.2 Å². The van der Waals surface area contributed by atoms with Crippen LogP contribution in [-0.2, 0) is 9.53 Å². The van der Waals surface area contributed by atoms with Crippen molar-refractivity contribution in [3.63, 3.8) is 0 Å². The molecule has 3 N–H and O–H groups in total. The van der Waals surface area contributed by atoms with Gasteiger partial charge in [0.25, 0.3) is 0 Å². The molecule has 8 nitrogen and oxygen atoms in total. The van der Waals surface area contributed by atoms with Crippen molar-refractivity contribution in [1.82, 2.24) is 10.3 Å². The molecule has 2 aromatic carbocycles. The van der Waals surface area contributed by atoms with Gasteiger partial charge in [0, 0.05) is 5.92 Å². The highest BCUT2D eigenvalue weighted by atomic mass is 16.5. The SMILES string of the molecule is CCC[C@@H](NC(=O)OCC1c2ccccc2-c2ccccc21)C(=O)Nc1ccc(C(=O)O)nc1. The van der Waals surface area contributed by atoms with E-state index in [1.165, 1.54) is 18.3 Å². The monoisotopic (exact) mass is 459 g/mol. The lowest BCUT2D eigenvalue weighted by molar-refractivity contribution is -0.118. The van der Waals surface area contributed by atoms with Gasteiger partial charge >= 0.3 is 12.1 Å². The number of nitrogens with zero attached hydrogens (tertiary/aromatic N) is 1. The van der Waals surface area contributed by atoms with Crippen LogP contribution < -0.4 is 10.6 Å². The molecule has 0 saturated carbocycles. The normalized spacial score (nSPS) is 12.9. The number of carboxylic acid groups (broad SMARTS) is 1. The lowest BCUT2D eigenvalue weighted by atomic mass is 9.98. The van der Waals surface area contributed by atoms with Crippen LogP contribution in [0.4, 0.5) is 10.5 Å². The Morgan fingerprint density at radius 1 is 1.00 bits per heavy atom. The quantitative estimate of drug-likeness (QED) is 0.459. The summed E-state index contributed by atoms with van der Waals surface area (Å²) in [6, 6.07) is 18.1. The molecule has 0 unspecified atom stereocenters. The Morgan fingerprint density at radius 2 is 1.65 bits per heavy atom. The van der Waals surface area contributed by atoms with Gasteiger partial charge in [-0.15, -0.1) is 0 Å². The number of ether oxygens (including phenoxy) is 1. The van der Waals surface area contributed by atoms with Crippen LogP contribution in [-0.4, -0.2) is 40.7 Å². The molecule has 3 aromatic rings. The van der Waals surface area contributed by atoms with E-state index in [9.17, 15) is 14.4 Å². The predicted octanol–water partition coefficient (Wildman–Crippen LogP) is 4.43. The lowest BCUT2D eigenvalue weighted by Crippen LogP contribution is -2.44. The number of carbonyl (C=O) groups is 3. The van der Waals surface area contributed by atoms with E-state index in [0.717, 1.165) is 22.3 Å². The van der Waals surface area contributed by atoms with Gasteiger partial charge in [0.2, 0.25) is 5.91 Å². The largest absolute Gasteiger partial charge is 0.477 e. The Bertz CT molecular complexity index is 1160. The maximum Gasteiger partial charge on any atom is 0.407 e. The Morgan fingerprint density at radius 3 is 2.21 bits per heavy atom. The molecule has 1 aliphatic rings. The molecule has 0 aliphatic heterocycles. The molecule has 34 heavy (non-hydrogen) atoms. The molecular weight excluding hydrogens is 434 g/mol. The third-order valence-corrected chi connectivity index (χ3v) is 5.78. The van der Waals surface area contributed by atoms with Crippen molar-refractivity contribution in [3.8, 4) is 11.1 Å². The van der Waals surface area contributed by atoms with Gasteiger partial charge in [-0.25, -0.2) is 14.6 Å². The number of carboxylic acids is 1. The van der Waals surface area contributed by atoms with Crippen molar-refractivity contribution in [1.29, 1.82) is 0 Å². The molecule has 0 spiro atoms. The summed E-state index contributed by atoms with van der Waals surface area (Å²) in [6.45, 7) is 2.06. The summed E-state index contributed by atoms with van der Waals surface area (Å²) in [7, 11) is 0. The highest BCUT2D eigenvalue weighted by molar-refractivity contribution is 5.96. The number of nitrogens with one attached hydrogen (secondary N) is 2. The third kappa shape index (κ3) is 4.91. The number of anilines is 1. The smallest absolute Gasteiger partial charge is 0.407 e. The number of carbonyl (C=O) groups excluding carboxylic acids is 2. The number of alkyl carbamates (subject to hydrolysis) is 1. The molecule has 1 atom stereocenters. The highest BCUT2D eigenvalue weighted by Crippen LogP contribution is 2.44. The number of hydrogen-bond donors (Lipinski definition) is 3. The molecule has 4 rings (SSSR count). The summed E-state index contributed by atoms with van der Waals surface area (Å²) in [5.41, 5.74) is 4.70. The van der Waals surface area contributed by atoms with Gasteiger partial charge in [-0.1, -0.05) is 61.9 Å². The van der Waals surface area contributed by atoms with Crippen LogP contribution in [0.3, 0.4) is 0 Å². The number of pyridine rings is 1. The third-order valence-electron chi connectivity index (χ3n) is 5.78. The molecule has 0 bridgehead atoms. The van der Waals surface area contributed by atoms with Gasteiger partial charge in [0.1, 0.15) is 18.3 Å². The van der Waals surface area contributed by atoms with Crippen LogP contribution >= 0.6 is 0 Å². The van der Waals surface area contributed by atoms with Crippen LogP contribution in [0, 0.1) is 0 Å². The molecular formula is C26H25N3O5. The van der Waals surface area contributed by atoms with Gasteiger partial charge in [-0.2, -0.15) is 0 Å². The average molecular weight is 460 g/mol. The number of rotatable bonds is 8. The van der Waals surface area contributed by atoms with E-state index >= 15 is 0 Å². The summed E-state index contributed by atoms with van der Waals surface area (Å²) in [6.07, 6.45) is 1.67. The average Bonchev–Trinajstić information content (AvgIpc) is 3.16. The topological polar surface area (TPSA) is 118 Å². The zero-order chi connectivity index (χ0) is 24.1. The number of amides is 2. The molecule has 174 valence electrons. The van der Waals surface area contributed by atoms with E-state index in [0.29, 0.717) is 18.5 Å². The van der Waals surface area contributed by atoms with Crippen molar-refractivity contribution in [2.75, 3.05) is 11.9 Å². The fourth-order valence-corrected chi connectivity index (χ4v) is 4.16. The van der Waals surface area contributed by atoms with Crippen LogP contribution in [0.2, 0.25) is 0 Å². The molecule has 1 heterocycles. The Kier molecular flexibility index (Phi) is 6.87. The lowest BCUT2D eigenvalue weighted by Gasteiger charge is -2.19. The summed E-state index contributed by atoms with van der Waals surface area (Å²) < 4.78 is 5.55.